The Morgan fingerprint density at radius 1 is 1.19 bits per heavy atom. The lowest BCUT2D eigenvalue weighted by Gasteiger charge is -2.36. The molecule has 1 aromatic rings. The third-order valence-corrected chi connectivity index (χ3v) is 6.50. The molecule has 2 rings (SSSR count). The van der Waals surface area contributed by atoms with Crippen LogP contribution >= 0.6 is 11.6 Å². The lowest BCUT2D eigenvalue weighted by atomic mass is 9.80. The van der Waals surface area contributed by atoms with Crippen molar-refractivity contribution in [2.45, 2.75) is 49.3 Å². The van der Waals surface area contributed by atoms with Crippen molar-refractivity contribution in [2.75, 3.05) is 0 Å². The maximum atomic E-state index is 12.5. The van der Waals surface area contributed by atoms with E-state index in [-0.39, 0.29) is 5.78 Å². The van der Waals surface area contributed by atoms with Gasteiger partial charge in [0.15, 0.2) is 10.5 Å². The average Bonchev–Trinajstić information content (AvgIpc) is 2.47. The van der Waals surface area contributed by atoms with Crippen molar-refractivity contribution < 1.29 is 13.2 Å². The fourth-order valence-corrected chi connectivity index (χ4v) is 4.58. The van der Waals surface area contributed by atoms with Gasteiger partial charge in [0.05, 0.1) is 5.54 Å². The van der Waals surface area contributed by atoms with Crippen molar-refractivity contribution in [2.24, 2.45) is 0 Å². The second-order valence-electron chi connectivity index (χ2n) is 5.57. The number of benzene rings is 1. The van der Waals surface area contributed by atoms with Gasteiger partial charge in [-0.15, -0.1) is 0 Å². The van der Waals surface area contributed by atoms with Crippen LogP contribution in [0.1, 0.15) is 49.3 Å². The Morgan fingerprint density at radius 2 is 1.76 bits per heavy atom. The largest absolute Gasteiger partial charge is 0.298 e. The summed E-state index contributed by atoms with van der Waals surface area (Å²) in [6.45, 7) is 1.44. The van der Waals surface area contributed by atoms with E-state index in [2.05, 4.69) is 4.72 Å². The minimum absolute atomic E-state index is 0.136. The highest BCUT2D eigenvalue weighted by molar-refractivity contribution is 7.91. The van der Waals surface area contributed by atoms with Gasteiger partial charge in [0, 0.05) is 0 Å². The number of hydrogen-bond acceptors (Lipinski definition) is 3. The zero-order valence-corrected chi connectivity index (χ0v) is 13.6. The molecule has 1 aromatic carbocycles. The van der Waals surface area contributed by atoms with Crippen LogP contribution in [-0.2, 0) is 14.8 Å². The quantitative estimate of drug-likeness (QED) is 0.844. The first-order chi connectivity index (χ1) is 9.87. The molecule has 1 fully saturated rings. The molecule has 0 amide bonds. The average molecular weight is 330 g/mol. The zero-order chi connectivity index (χ0) is 15.5. The van der Waals surface area contributed by atoms with E-state index in [9.17, 15) is 13.2 Å². The number of Topliss-reactive ketones (excluding diaryl/α,β-unsaturated/α-hetero) is 1. The van der Waals surface area contributed by atoms with Crippen molar-refractivity contribution >= 4 is 27.4 Å². The molecule has 1 N–H and O–H groups in total. The summed E-state index contributed by atoms with van der Waals surface area (Å²) in [4.78, 5) is 12.0. The first-order valence-corrected chi connectivity index (χ1v) is 9.08. The van der Waals surface area contributed by atoms with Gasteiger partial charge in [-0.2, -0.15) is 0 Å². The molecule has 0 aliphatic heterocycles. The van der Waals surface area contributed by atoms with Crippen LogP contribution < -0.4 is 4.72 Å². The first-order valence-electron chi connectivity index (χ1n) is 7.10. The summed E-state index contributed by atoms with van der Waals surface area (Å²) in [6.07, 6.45) is 3.81. The molecule has 1 unspecified atom stereocenters. The summed E-state index contributed by atoms with van der Waals surface area (Å²) < 4.78 is 26.4. The van der Waals surface area contributed by atoms with E-state index in [1.54, 1.807) is 30.3 Å². The molecule has 1 atom stereocenters. The van der Waals surface area contributed by atoms with Crippen molar-refractivity contribution in [3.8, 4) is 0 Å². The van der Waals surface area contributed by atoms with Crippen molar-refractivity contribution in [1.29, 1.82) is 0 Å². The van der Waals surface area contributed by atoms with Crippen molar-refractivity contribution in [1.82, 2.24) is 4.72 Å². The van der Waals surface area contributed by atoms with Crippen LogP contribution in [0.15, 0.2) is 30.3 Å². The predicted octanol–water partition coefficient (Wildman–Crippen LogP) is 3.14. The Hall–Kier alpha value is -0.910. The minimum Gasteiger partial charge on any atom is -0.298 e. The van der Waals surface area contributed by atoms with E-state index in [1.807, 2.05) is 0 Å². The second-order valence-corrected chi connectivity index (χ2v) is 8.03. The SMILES string of the molecule is CC(=O)C1(NS(=O)(=O)C(Cl)c2ccccc2)CCCCC1. The second kappa shape index (κ2) is 6.46. The minimum atomic E-state index is -3.82. The number of carbonyl (C=O) groups excluding carboxylic acids is 1. The molecular formula is C15H20ClNO3S. The molecule has 6 heteroatoms. The predicted molar refractivity (Wildman–Crippen MR) is 83.6 cm³/mol. The highest BCUT2D eigenvalue weighted by atomic mass is 35.5. The number of hydrogen-bond donors (Lipinski definition) is 1. The molecule has 0 saturated heterocycles. The summed E-state index contributed by atoms with van der Waals surface area (Å²) in [5.41, 5.74) is -0.486. The number of sulfonamides is 1. The molecule has 0 radical (unpaired) electrons. The molecule has 21 heavy (non-hydrogen) atoms. The summed E-state index contributed by atoms with van der Waals surface area (Å²) in [7, 11) is -3.82. The molecule has 1 aliphatic rings. The Morgan fingerprint density at radius 3 is 2.29 bits per heavy atom. The molecule has 0 spiro atoms. The third-order valence-electron chi connectivity index (χ3n) is 4.05. The van der Waals surface area contributed by atoms with Crippen LogP contribution in [0, 0.1) is 0 Å². The number of rotatable bonds is 5. The summed E-state index contributed by atoms with van der Waals surface area (Å²) in [6, 6.07) is 8.60. The van der Waals surface area contributed by atoms with Crippen LogP contribution in [0.2, 0.25) is 0 Å². The van der Waals surface area contributed by atoms with Gasteiger partial charge in [-0.25, -0.2) is 13.1 Å². The number of carbonyl (C=O) groups is 1. The van der Waals surface area contributed by atoms with E-state index in [0.717, 1.165) is 19.3 Å². The van der Waals surface area contributed by atoms with Crippen molar-refractivity contribution in [3.05, 3.63) is 35.9 Å². The van der Waals surface area contributed by atoms with Gasteiger partial charge in [0.1, 0.15) is 0 Å². The molecular weight excluding hydrogens is 310 g/mol. The Kier molecular flexibility index (Phi) is 5.07. The molecule has 0 bridgehead atoms. The van der Waals surface area contributed by atoms with Crippen LogP contribution in [0.4, 0.5) is 0 Å². The fourth-order valence-electron chi connectivity index (χ4n) is 2.79. The van der Waals surface area contributed by atoms with Crippen LogP contribution in [0.3, 0.4) is 0 Å². The standard InChI is InChI=1S/C15H20ClNO3S/c1-12(18)15(10-6-3-7-11-15)17-21(19,20)14(16)13-8-4-2-5-9-13/h2,4-5,8-9,14,17H,3,6-7,10-11H2,1H3. The first kappa shape index (κ1) is 16.5. The molecule has 1 saturated carbocycles. The zero-order valence-electron chi connectivity index (χ0n) is 12.0. The molecule has 0 aromatic heterocycles. The summed E-state index contributed by atoms with van der Waals surface area (Å²) in [5, 5.41) is 0. The maximum absolute atomic E-state index is 12.5. The van der Waals surface area contributed by atoms with Gasteiger partial charge < -0.3 is 0 Å². The Labute approximate surface area is 130 Å². The topological polar surface area (TPSA) is 63.2 Å². The van der Waals surface area contributed by atoms with Gasteiger partial charge in [-0.1, -0.05) is 61.2 Å². The highest BCUT2D eigenvalue weighted by Crippen LogP contribution is 2.33. The van der Waals surface area contributed by atoms with E-state index in [4.69, 9.17) is 11.6 Å². The maximum Gasteiger partial charge on any atom is 0.233 e. The molecule has 116 valence electrons. The van der Waals surface area contributed by atoms with Crippen LogP contribution in [-0.4, -0.2) is 19.7 Å². The summed E-state index contributed by atoms with van der Waals surface area (Å²) >= 11 is 6.12. The van der Waals surface area contributed by atoms with Crippen molar-refractivity contribution in [3.63, 3.8) is 0 Å². The molecule has 4 nitrogen and oxygen atoms in total. The fraction of sp³-hybridized carbons (Fsp3) is 0.533. The summed E-state index contributed by atoms with van der Waals surface area (Å²) in [5.74, 6) is -0.136. The van der Waals surface area contributed by atoms with Crippen LogP contribution in [0.25, 0.3) is 0 Å². The normalized spacial score (nSPS) is 19.9. The van der Waals surface area contributed by atoms with Gasteiger partial charge in [-0.3, -0.25) is 4.79 Å². The van der Waals surface area contributed by atoms with Crippen LogP contribution in [0.5, 0.6) is 0 Å². The lowest BCUT2D eigenvalue weighted by Crippen LogP contribution is -2.55. The number of ketones is 1. The monoisotopic (exact) mass is 329 g/mol. The van der Waals surface area contributed by atoms with Gasteiger partial charge >= 0.3 is 0 Å². The van der Waals surface area contributed by atoms with Gasteiger partial charge in [0.2, 0.25) is 10.0 Å². The molecule has 0 heterocycles. The van der Waals surface area contributed by atoms with Gasteiger partial charge in [0.25, 0.3) is 0 Å². The van der Waals surface area contributed by atoms with E-state index < -0.39 is 20.3 Å². The molecule has 1 aliphatic carbocycles. The Balaban J connectivity index is 2.25. The highest BCUT2D eigenvalue weighted by Gasteiger charge is 2.42. The Bertz CT molecular complexity index is 595. The van der Waals surface area contributed by atoms with E-state index in [0.29, 0.717) is 18.4 Å². The van der Waals surface area contributed by atoms with E-state index in [1.165, 1.54) is 6.92 Å². The number of halogens is 1. The number of nitrogens with one attached hydrogen (secondary N) is 1. The van der Waals surface area contributed by atoms with E-state index >= 15 is 0 Å². The third kappa shape index (κ3) is 3.65. The lowest BCUT2D eigenvalue weighted by molar-refractivity contribution is -0.123. The number of alkyl halides is 1. The smallest absolute Gasteiger partial charge is 0.233 e. The van der Waals surface area contributed by atoms with Gasteiger partial charge in [-0.05, 0) is 25.3 Å².